The van der Waals surface area contributed by atoms with Gasteiger partial charge in [-0.15, -0.1) is 0 Å². The zero-order chi connectivity index (χ0) is 16.1. The molecule has 11 heteroatoms. The van der Waals surface area contributed by atoms with E-state index < -0.39 is 20.1 Å². The van der Waals surface area contributed by atoms with Gasteiger partial charge >= 0.3 is 15.2 Å². The highest BCUT2D eigenvalue weighted by atomic mass is 35.5. The van der Waals surface area contributed by atoms with Crippen LogP contribution in [-0.4, -0.2) is 60.9 Å². The molecule has 1 saturated heterocycles. The van der Waals surface area contributed by atoms with E-state index in [2.05, 4.69) is 12.6 Å². The second kappa shape index (κ2) is 6.66. The number of likely N-dealkylation sites (tertiary alicyclic amines) is 1. The van der Waals surface area contributed by atoms with E-state index in [4.69, 9.17) is 0 Å². The molecule has 0 amide bonds. The molecule has 4 N–H and O–H groups in total. The maximum Gasteiger partial charge on any atom is 0.344 e. The van der Waals surface area contributed by atoms with Gasteiger partial charge in [0.25, 0.3) is 0 Å². The number of quaternary nitrogens is 1. The smallest absolute Gasteiger partial charge is 0.344 e. The first-order chi connectivity index (χ1) is 9.47. The summed E-state index contributed by atoms with van der Waals surface area (Å²) in [5, 5.41) is 0. The molecule has 1 aliphatic heterocycles. The van der Waals surface area contributed by atoms with Crippen LogP contribution >= 0.6 is 27.8 Å². The Morgan fingerprint density at radius 3 is 2.18 bits per heavy atom. The highest BCUT2D eigenvalue weighted by molar-refractivity contribution is 7.80. The normalized spacial score (nSPS) is 34.8. The molecule has 0 aromatic carbocycles. The fraction of sp³-hybridized carbons (Fsp3) is 1.00. The van der Waals surface area contributed by atoms with Crippen molar-refractivity contribution in [2.24, 2.45) is 5.92 Å². The maximum atomic E-state index is 11.9. The van der Waals surface area contributed by atoms with Gasteiger partial charge in [0.1, 0.15) is 0 Å². The quantitative estimate of drug-likeness (QED) is 0.213. The fourth-order valence-electron chi connectivity index (χ4n) is 4.20. The van der Waals surface area contributed by atoms with Crippen molar-refractivity contribution in [3.8, 4) is 0 Å². The molecule has 22 heavy (non-hydrogen) atoms. The van der Waals surface area contributed by atoms with E-state index >= 15 is 0 Å². The van der Waals surface area contributed by atoms with Crippen molar-refractivity contribution in [2.75, 3.05) is 25.9 Å². The summed E-state index contributed by atoms with van der Waals surface area (Å²) in [5.74, 6) is 0.585. The molecular weight excluding hydrogens is 372 g/mol. The fourth-order valence-corrected chi connectivity index (χ4v) is 7.81. The molecule has 1 aliphatic carbocycles. The van der Waals surface area contributed by atoms with Crippen LogP contribution in [0.3, 0.4) is 0 Å². The molecule has 0 aromatic heterocycles. The topological polar surface area (TPSA) is 115 Å². The summed E-state index contributed by atoms with van der Waals surface area (Å²) in [6, 6.07) is -0.119. The van der Waals surface area contributed by atoms with Gasteiger partial charge in [-0.1, -0.05) is 0 Å². The molecule has 1 saturated carbocycles. The molecule has 0 bridgehead atoms. The van der Waals surface area contributed by atoms with Crippen molar-refractivity contribution < 1.29 is 45.6 Å². The van der Waals surface area contributed by atoms with E-state index in [0.29, 0.717) is 10.2 Å². The van der Waals surface area contributed by atoms with Crippen molar-refractivity contribution >= 4 is 27.8 Å². The molecule has 3 atom stereocenters. The third-order valence-electron chi connectivity index (χ3n) is 5.41. The molecule has 132 valence electrons. The first kappa shape index (κ1) is 20.9. The third-order valence-corrected chi connectivity index (χ3v) is 10.1. The van der Waals surface area contributed by atoms with Gasteiger partial charge in [0.2, 0.25) is 0 Å². The van der Waals surface area contributed by atoms with Crippen LogP contribution in [0.4, 0.5) is 0 Å². The molecule has 2 fully saturated rings. The molecule has 2 rings (SSSR count). The number of hydrogen-bond donors (Lipinski definition) is 5. The molecular formula is C11H24ClNO6P2S. The van der Waals surface area contributed by atoms with Gasteiger partial charge in [-0.3, -0.25) is 9.13 Å². The monoisotopic (exact) mass is 395 g/mol. The minimum absolute atomic E-state index is 0. The van der Waals surface area contributed by atoms with E-state index in [1.165, 1.54) is 0 Å². The van der Waals surface area contributed by atoms with Gasteiger partial charge in [0, 0.05) is 18.1 Å². The Balaban J connectivity index is 0.00000242. The Labute approximate surface area is 142 Å². The van der Waals surface area contributed by atoms with Crippen molar-refractivity contribution in [1.29, 1.82) is 0 Å². The van der Waals surface area contributed by atoms with Gasteiger partial charge in [-0.2, -0.15) is 12.6 Å². The average Bonchev–Trinajstić information content (AvgIpc) is 2.70. The zero-order valence-electron chi connectivity index (χ0n) is 12.4. The van der Waals surface area contributed by atoms with Gasteiger partial charge in [0.15, 0.2) is 4.90 Å². The van der Waals surface area contributed by atoms with E-state index in [1.807, 2.05) is 7.05 Å². The predicted molar refractivity (Wildman–Crippen MR) is 82.3 cm³/mol. The van der Waals surface area contributed by atoms with Crippen LogP contribution in [0.1, 0.15) is 25.7 Å². The van der Waals surface area contributed by atoms with Crippen LogP contribution < -0.4 is 12.4 Å². The van der Waals surface area contributed by atoms with Crippen LogP contribution in [0.15, 0.2) is 0 Å². The SMILES string of the molecule is C[N+]1(CCS)CCCC2CC(P(=O)(O)O)(P(=O)(O)O)CC21.[Cl-]. The highest BCUT2D eigenvalue weighted by Gasteiger charge is 2.69. The van der Waals surface area contributed by atoms with E-state index in [1.54, 1.807) is 0 Å². The highest BCUT2D eigenvalue weighted by Crippen LogP contribution is 2.76. The Hall–Kier alpha value is 0.900. The average molecular weight is 396 g/mol. The molecule has 0 spiro atoms. The Morgan fingerprint density at radius 1 is 1.18 bits per heavy atom. The summed E-state index contributed by atoms with van der Waals surface area (Å²) >= 11 is 4.25. The number of hydrogen-bond acceptors (Lipinski definition) is 3. The van der Waals surface area contributed by atoms with Crippen molar-refractivity contribution in [3.05, 3.63) is 0 Å². The summed E-state index contributed by atoms with van der Waals surface area (Å²) < 4.78 is 24.4. The van der Waals surface area contributed by atoms with Crippen molar-refractivity contribution in [2.45, 2.75) is 36.6 Å². The molecule has 0 aromatic rings. The first-order valence-corrected chi connectivity index (χ1v) is 10.9. The number of fused-ring (bicyclic) bond motifs is 1. The Morgan fingerprint density at radius 2 is 1.73 bits per heavy atom. The molecule has 7 nitrogen and oxygen atoms in total. The standard InChI is InChI=1S/C11H23NO6P2S.ClH/c1-12(5-6-21)4-2-3-9-7-11(8-10(9)12,19(13,14)15)20(16,17)18;/h9-10H,2-8H2,1H3,(H4-,13,14,15,16,17,18,21);1H. The van der Waals surface area contributed by atoms with Crippen LogP contribution in [-0.2, 0) is 9.13 Å². The predicted octanol–water partition coefficient (Wildman–Crippen LogP) is -2.01. The Bertz CT molecular complexity index is 485. The Kier molecular flexibility index (Phi) is 6.34. The number of halogens is 1. The first-order valence-electron chi connectivity index (χ1n) is 7.03. The lowest BCUT2D eigenvalue weighted by molar-refractivity contribution is -0.938. The van der Waals surface area contributed by atoms with Crippen molar-refractivity contribution in [1.82, 2.24) is 0 Å². The summed E-state index contributed by atoms with van der Waals surface area (Å²) in [4.78, 5) is 36.4. The van der Waals surface area contributed by atoms with Crippen molar-refractivity contribution in [3.63, 3.8) is 0 Å². The van der Waals surface area contributed by atoms with Gasteiger partial charge < -0.3 is 36.5 Å². The number of nitrogens with zero attached hydrogens (tertiary/aromatic N) is 1. The lowest BCUT2D eigenvalue weighted by atomic mass is 9.90. The summed E-state index contributed by atoms with van der Waals surface area (Å²) in [7, 11) is -7.81. The van der Waals surface area contributed by atoms with Crippen LogP contribution in [0.25, 0.3) is 0 Å². The zero-order valence-corrected chi connectivity index (χ0v) is 15.8. The summed E-state index contributed by atoms with van der Waals surface area (Å²) in [5.41, 5.74) is 0. The van der Waals surface area contributed by atoms with E-state index in [9.17, 15) is 28.7 Å². The molecule has 3 unspecified atom stereocenters. The van der Waals surface area contributed by atoms with Gasteiger partial charge in [0.05, 0.1) is 26.2 Å². The maximum absolute atomic E-state index is 11.9. The number of piperidine rings is 1. The van der Waals surface area contributed by atoms with E-state index in [0.717, 1.165) is 25.9 Å². The summed E-state index contributed by atoms with van der Waals surface area (Å²) in [6.45, 7) is 1.60. The van der Waals surface area contributed by atoms with Gasteiger partial charge in [-0.25, -0.2) is 0 Å². The van der Waals surface area contributed by atoms with Crippen LogP contribution in [0, 0.1) is 5.92 Å². The van der Waals surface area contributed by atoms with Crippen LogP contribution in [0.5, 0.6) is 0 Å². The largest absolute Gasteiger partial charge is 1.00 e. The lowest BCUT2D eigenvalue weighted by Crippen LogP contribution is -3.00. The van der Waals surface area contributed by atoms with Gasteiger partial charge in [-0.05, 0) is 19.3 Å². The second-order valence-corrected chi connectivity index (χ2v) is 11.3. The molecule has 1 heterocycles. The van der Waals surface area contributed by atoms with E-state index in [-0.39, 0.29) is 37.2 Å². The minimum Gasteiger partial charge on any atom is -1.00 e. The van der Waals surface area contributed by atoms with Crippen LogP contribution in [0.2, 0.25) is 0 Å². The number of thiol groups is 1. The summed E-state index contributed by atoms with van der Waals surface area (Å²) in [6.07, 6.45) is 1.47. The second-order valence-electron chi connectivity index (χ2n) is 6.60. The molecule has 2 aliphatic rings. The number of rotatable bonds is 4. The lowest BCUT2D eigenvalue weighted by Gasteiger charge is -2.46. The third kappa shape index (κ3) is 3.32. The minimum atomic E-state index is -4.91. The molecule has 0 radical (unpaired) electrons.